The highest BCUT2D eigenvalue weighted by molar-refractivity contribution is 7.18. The van der Waals surface area contributed by atoms with Gasteiger partial charge < -0.3 is 5.32 Å². The number of carbonyl (C=O) groups is 1. The van der Waals surface area contributed by atoms with E-state index in [1.807, 2.05) is 25.1 Å². The van der Waals surface area contributed by atoms with E-state index in [9.17, 15) is 4.79 Å². The molecular weight excluding hydrogens is 292 g/mol. The zero-order valence-corrected chi connectivity index (χ0v) is 12.3. The molecule has 0 aliphatic rings. The molecule has 0 aliphatic carbocycles. The van der Waals surface area contributed by atoms with Gasteiger partial charge in [-0.1, -0.05) is 23.7 Å². The maximum atomic E-state index is 12.2. The smallest absolute Gasteiger partial charge is 0.257 e. The van der Waals surface area contributed by atoms with E-state index in [1.54, 1.807) is 35.6 Å². The summed E-state index contributed by atoms with van der Waals surface area (Å²) >= 11 is 7.65. The molecule has 0 radical (unpaired) electrons. The van der Waals surface area contributed by atoms with Gasteiger partial charge in [-0.05, 0) is 37.3 Å². The summed E-state index contributed by atoms with van der Waals surface area (Å²) in [5.41, 5.74) is 2.07. The molecule has 0 spiro atoms. The van der Waals surface area contributed by atoms with Crippen LogP contribution in [-0.4, -0.2) is 10.9 Å². The summed E-state index contributed by atoms with van der Waals surface area (Å²) in [6, 6.07) is 12.7. The first-order valence-electron chi connectivity index (χ1n) is 6.06. The maximum absolute atomic E-state index is 12.2. The van der Waals surface area contributed by atoms with Crippen LogP contribution in [-0.2, 0) is 0 Å². The Hall–Kier alpha value is -1.91. The van der Waals surface area contributed by atoms with Crippen LogP contribution in [0.25, 0.3) is 10.2 Å². The van der Waals surface area contributed by atoms with Crippen molar-refractivity contribution in [1.82, 2.24) is 4.98 Å². The van der Waals surface area contributed by atoms with E-state index in [-0.39, 0.29) is 5.91 Å². The summed E-state index contributed by atoms with van der Waals surface area (Å²) in [6.07, 6.45) is 0. The van der Waals surface area contributed by atoms with E-state index < -0.39 is 0 Å². The van der Waals surface area contributed by atoms with Crippen molar-refractivity contribution in [2.24, 2.45) is 0 Å². The topological polar surface area (TPSA) is 42.0 Å². The second-order valence-electron chi connectivity index (χ2n) is 4.35. The van der Waals surface area contributed by atoms with E-state index in [0.29, 0.717) is 16.3 Å². The first-order valence-corrected chi connectivity index (χ1v) is 7.26. The molecule has 3 aromatic rings. The van der Waals surface area contributed by atoms with Gasteiger partial charge in [-0.2, -0.15) is 0 Å². The van der Waals surface area contributed by atoms with Crippen molar-refractivity contribution < 1.29 is 4.79 Å². The van der Waals surface area contributed by atoms with Gasteiger partial charge >= 0.3 is 0 Å². The Morgan fingerprint density at radius 3 is 2.85 bits per heavy atom. The van der Waals surface area contributed by atoms with Gasteiger partial charge in [-0.25, -0.2) is 4.98 Å². The summed E-state index contributed by atoms with van der Waals surface area (Å²) in [5.74, 6) is -0.220. The molecule has 0 fully saturated rings. The third kappa shape index (κ3) is 2.53. The second-order valence-corrected chi connectivity index (χ2v) is 5.99. The fourth-order valence-corrected chi connectivity index (χ4v) is 2.99. The highest BCUT2D eigenvalue weighted by atomic mass is 35.5. The molecule has 100 valence electrons. The standard InChI is InChI=1S/C15H11ClN2OS/c1-9-17-13-8-10(6-7-14(13)20-9)18-15(19)11-4-2-3-5-12(11)16/h2-8H,1H3,(H,18,19). The number of halogens is 1. The predicted molar refractivity (Wildman–Crippen MR) is 83.8 cm³/mol. The summed E-state index contributed by atoms with van der Waals surface area (Å²) in [7, 11) is 0. The Morgan fingerprint density at radius 2 is 2.05 bits per heavy atom. The van der Waals surface area contributed by atoms with Crippen LogP contribution in [0.4, 0.5) is 5.69 Å². The van der Waals surface area contributed by atoms with Gasteiger partial charge in [-0.15, -0.1) is 11.3 Å². The van der Waals surface area contributed by atoms with E-state index in [0.717, 1.165) is 15.2 Å². The molecule has 0 aliphatic heterocycles. The molecule has 3 nitrogen and oxygen atoms in total. The molecule has 1 N–H and O–H groups in total. The van der Waals surface area contributed by atoms with Gasteiger partial charge in [0, 0.05) is 5.69 Å². The van der Waals surface area contributed by atoms with E-state index >= 15 is 0 Å². The van der Waals surface area contributed by atoms with Crippen molar-refractivity contribution in [3.63, 3.8) is 0 Å². The lowest BCUT2D eigenvalue weighted by Gasteiger charge is -2.06. The predicted octanol–water partition coefficient (Wildman–Crippen LogP) is 4.51. The first-order chi connectivity index (χ1) is 9.63. The van der Waals surface area contributed by atoms with Crippen LogP contribution in [0.3, 0.4) is 0 Å². The van der Waals surface area contributed by atoms with Crippen molar-refractivity contribution in [2.45, 2.75) is 6.92 Å². The number of nitrogens with one attached hydrogen (secondary N) is 1. The van der Waals surface area contributed by atoms with Crippen molar-refractivity contribution in [3.05, 3.63) is 58.1 Å². The van der Waals surface area contributed by atoms with Crippen LogP contribution < -0.4 is 5.32 Å². The normalized spacial score (nSPS) is 10.7. The third-order valence-electron chi connectivity index (χ3n) is 2.87. The maximum Gasteiger partial charge on any atom is 0.257 e. The molecule has 20 heavy (non-hydrogen) atoms. The fourth-order valence-electron chi connectivity index (χ4n) is 1.96. The zero-order chi connectivity index (χ0) is 14.1. The highest BCUT2D eigenvalue weighted by Gasteiger charge is 2.10. The van der Waals surface area contributed by atoms with Crippen molar-refractivity contribution in [1.29, 1.82) is 0 Å². The van der Waals surface area contributed by atoms with Gasteiger partial charge in [0.1, 0.15) is 0 Å². The molecule has 1 heterocycles. The Labute approximate surface area is 125 Å². The number of thiazole rings is 1. The summed E-state index contributed by atoms with van der Waals surface area (Å²) in [5, 5.41) is 4.29. The number of aromatic nitrogens is 1. The minimum absolute atomic E-state index is 0.220. The summed E-state index contributed by atoms with van der Waals surface area (Å²) in [6.45, 7) is 1.96. The van der Waals surface area contributed by atoms with Crippen LogP contribution in [0.2, 0.25) is 5.02 Å². The number of hydrogen-bond donors (Lipinski definition) is 1. The SMILES string of the molecule is Cc1nc2cc(NC(=O)c3ccccc3Cl)ccc2s1. The molecule has 5 heteroatoms. The Bertz CT molecular complexity index is 797. The minimum Gasteiger partial charge on any atom is -0.322 e. The zero-order valence-electron chi connectivity index (χ0n) is 10.7. The quantitative estimate of drug-likeness (QED) is 0.756. The molecule has 0 unspecified atom stereocenters. The van der Waals surface area contributed by atoms with E-state index in [2.05, 4.69) is 10.3 Å². The average Bonchev–Trinajstić information content (AvgIpc) is 2.78. The number of rotatable bonds is 2. The fraction of sp³-hybridized carbons (Fsp3) is 0.0667. The van der Waals surface area contributed by atoms with Crippen molar-refractivity contribution in [3.8, 4) is 0 Å². The van der Waals surface area contributed by atoms with Crippen LogP contribution >= 0.6 is 22.9 Å². The van der Waals surface area contributed by atoms with Crippen molar-refractivity contribution >= 4 is 44.7 Å². The van der Waals surface area contributed by atoms with Gasteiger partial charge in [0.05, 0.1) is 25.8 Å². The summed E-state index contributed by atoms with van der Waals surface area (Å²) < 4.78 is 1.11. The Morgan fingerprint density at radius 1 is 1.25 bits per heavy atom. The number of carbonyl (C=O) groups excluding carboxylic acids is 1. The van der Waals surface area contributed by atoms with Crippen LogP contribution in [0, 0.1) is 6.92 Å². The molecule has 1 amide bonds. The number of anilines is 1. The minimum atomic E-state index is -0.220. The van der Waals surface area contributed by atoms with Gasteiger partial charge in [0.25, 0.3) is 5.91 Å². The number of benzene rings is 2. The second kappa shape index (κ2) is 5.23. The van der Waals surface area contributed by atoms with Crippen molar-refractivity contribution in [2.75, 3.05) is 5.32 Å². The largest absolute Gasteiger partial charge is 0.322 e. The lowest BCUT2D eigenvalue weighted by molar-refractivity contribution is 0.102. The number of hydrogen-bond acceptors (Lipinski definition) is 3. The molecule has 0 saturated carbocycles. The lowest BCUT2D eigenvalue weighted by Crippen LogP contribution is -2.12. The molecular formula is C15H11ClN2OS. The molecule has 3 rings (SSSR count). The van der Waals surface area contributed by atoms with Gasteiger partial charge in [0.15, 0.2) is 0 Å². The monoisotopic (exact) mass is 302 g/mol. The molecule has 1 aromatic heterocycles. The first kappa shape index (κ1) is 13.1. The Balaban J connectivity index is 1.89. The molecule has 0 atom stereocenters. The van der Waals surface area contributed by atoms with Gasteiger partial charge in [-0.3, -0.25) is 4.79 Å². The van der Waals surface area contributed by atoms with Gasteiger partial charge in [0.2, 0.25) is 0 Å². The Kier molecular flexibility index (Phi) is 3.42. The number of amides is 1. The number of nitrogens with zero attached hydrogens (tertiary/aromatic N) is 1. The van der Waals surface area contributed by atoms with Crippen LogP contribution in [0.1, 0.15) is 15.4 Å². The van der Waals surface area contributed by atoms with Crippen LogP contribution in [0.5, 0.6) is 0 Å². The highest BCUT2D eigenvalue weighted by Crippen LogP contribution is 2.25. The molecule has 2 aromatic carbocycles. The molecule has 0 bridgehead atoms. The lowest BCUT2D eigenvalue weighted by atomic mass is 10.2. The van der Waals surface area contributed by atoms with E-state index in [4.69, 9.17) is 11.6 Å². The summed E-state index contributed by atoms with van der Waals surface area (Å²) in [4.78, 5) is 16.6. The molecule has 0 saturated heterocycles. The number of aryl methyl sites for hydroxylation is 1. The number of fused-ring (bicyclic) bond motifs is 1. The third-order valence-corrected chi connectivity index (χ3v) is 4.15. The van der Waals surface area contributed by atoms with Crippen LogP contribution in [0.15, 0.2) is 42.5 Å². The average molecular weight is 303 g/mol. The van der Waals surface area contributed by atoms with E-state index in [1.165, 1.54) is 0 Å².